The summed E-state index contributed by atoms with van der Waals surface area (Å²) in [6.45, 7) is 8.42. The molecule has 0 aromatic rings. The molecule has 1 aliphatic carbocycles. The minimum atomic E-state index is 0.506. The Morgan fingerprint density at radius 1 is 1.13 bits per heavy atom. The van der Waals surface area contributed by atoms with Crippen LogP contribution in [0.3, 0.4) is 0 Å². The molecule has 0 spiro atoms. The van der Waals surface area contributed by atoms with Crippen molar-refractivity contribution in [3.63, 3.8) is 0 Å². The monoisotopic (exact) mass is 210 g/mol. The van der Waals surface area contributed by atoms with Crippen LogP contribution in [0.2, 0.25) is 0 Å². The lowest BCUT2D eigenvalue weighted by Gasteiger charge is -2.44. The van der Waals surface area contributed by atoms with Gasteiger partial charge in [-0.3, -0.25) is 4.90 Å². The van der Waals surface area contributed by atoms with E-state index in [4.69, 9.17) is 0 Å². The first-order chi connectivity index (χ1) is 7.29. The molecule has 1 heterocycles. The molecule has 0 amide bonds. The third-order valence-electron chi connectivity index (χ3n) is 4.52. The van der Waals surface area contributed by atoms with Gasteiger partial charge in [-0.2, -0.15) is 0 Å². The highest BCUT2D eigenvalue weighted by molar-refractivity contribution is 5.02. The Morgan fingerprint density at radius 2 is 1.73 bits per heavy atom. The van der Waals surface area contributed by atoms with E-state index in [2.05, 4.69) is 24.1 Å². The van der Waals surface area contributed by atoms with Crippen molar-refractivity contribution in [1.82, 2.24) is 10.2 Å². The minimum Gasteiger partial charge on any atom is -0.313 e. The molecule has 1 aliphatic heterocycles. The smallest absolute Gasteiger partial charge is 0.0359 e. The van der Waals surface area contributed by atoms with E-state index < -0.39 is 0 Å². The lowest BCUT2D eigenvalue weighted by atomic mass is 9.87. The summed E-state index contributed by atoms with van der Waals surface area (Å²) < 4.78 is 0. The summed E-state index contributed by atoms with van der Waals surface area (Å²) in [5.41, 5.74) is 0.506. The molecule has 2 nitrogen and oxygen atoms in total. The molecule has 15 heavy (non-hydrogen) atoms. The van der Waals surface area contributed by atoms with Gasteiger partial charge in [-0.1, -0.05) is 19.8 Å². The van der Waals surface area contributed by atoms with Crippen molar-refractivity contribution in [3.05, 3.63) is 0 Å². The summed E-state index contributed by atoms with van der Waals surface area (Å²) in [5.74, 6) is 0. The van der Waals surface area contributed by atoms with Crippen molar-refractivity contribution in [1.29, 1.82) is 0 Å². The number of likely N-dealkylation sites (N-methyl/N-ethyl adjacent to an activating group) is 1. The van der Waals surface area contributed by atoms with Gasteiger partial charge < -0.3 is 5.32 Å². The Labute approximate surface area is 94.4 Å². The Hall–Kier alpha value is -0.0800. The highest BCUT2D eigenvalue weighted by atomic mass is 15.2. The Kier molecular flexibility index (Phi) is 3.68. The molecule has 0 aromatic carbocycles. The van der Waals surface area contributed by atoms with E-state index in [9.17, 15) is 0 Å². The molecule has 0 radical (unpaired) electrons. The molecule has 2 rings (SSSR count). The van der Waals surface area contributed by atoms with Crippen molar-refractivity contribution < 1.29 is 0 Å². The molecular formula is C13H26N2. The van der Waals surface area contributed by atoms with Gasteiger partial charge in [0, 0.05) is 11.6 Å². The fraction of sp³-hybridized carbons (Fsp3) is 1.00. The highest BCUT2D eigenvalue weighted by Crippen LogP contribution is 2.39. The van der Waals surface area contributed by atoms with Gasteiger partial charge in [0.05, 0.1) is 0 Å². The fourth-order valence-electron chi connectivity index (χ4n) is 3.67. The molecule has 88 valence electrons. The first-order valence-electron chi connectivity index (χ1n) is 6.78. The van der Waals surface area contributed by atoms with E-state index in [1.807, 2.05) is 0 Å². The number of nitrogens with one attached hydrogen (secondary N) is 1. The van der Waals surface area contributed by atoms with Crippen molar-refractivity contribution in [2.24, 2.45) is 0 Å². The highest BCUT2D eigenvalue weighted by Gasteiger charge is 2.44. The standard InChI is InChI=1S/C13H26N2/c1-3-14-12(2)13(8-4-5-9-13)15-10-6-7-11-15/h12,14H,3-11H2,1-2H3. The molecule has 2 heteroatoms. The number of rotatable bonds is 4. The lowest BCUT2D eigenvalue weighted by molar-refractivity contribution is 0.0844. The van der Waals surface area contributed by atoms with Crippen molar-refractivity contribution >= 4 is 0 Å². The maximum Gasteiger partial charge on any atom is 0.0359 e. The number of nitrogens with zero attached hydrogens (tertiary/aromatic N) is 1. The first kappa shape index (κ1) is 11.4. The Morgan fingerprint density at radius 3 is 2.27 bits per heavy atom. The van der Waals surface area contributed by atoms with Gasteiger partial charge in [0.25, 0.3) is 0 Å². The average Bonchev–Trinajstić information content (AvgIpc) is 2.90. The quantitative estimate of drug-likeness (QED) is 0.766. The van der Waals surface area contributed by atoms with Gasteiger partial charge in [-0.15, -0.1) is 0 Å². The average molecular weight is 210 g/mol. The Balaban J connectivity index is 2.08. The number of hydrogen-bond acceptors (Lipinski definition) is 2. The molecular weight excluding hydrogens is 184 g/mol. The van der Waals surface area contributed by atoms with Gasteiger partial charge in [-0.25, -0.2) is 0 Å². The van der Waals surface area contributed by atoms with Crippen LogP contribution in [-0.4, -0.2) is 36.1 Å². The normalized spacial score (nSPS) is 28.4. The fourth-order valence-corrected chi connectivity index (χ4v) is 3.67. The summed E-state index contributed by atoms with van der Waals surface area (Å²) in [6.07, 6.45) is 8.54. The zero-order chi connectivity index (χ0) is 10.7. The van der Waals surface area contributed by atoms with E-state index in [-0.39, 0.29) is 0 Å². The molecule has 0 aromatic heterocycles. The summed E-state index contributed by atoms with van der Waals surface area (Å²) in [7, 11) is 0. The summed E-state index contributed by atoms with van der Waals surface area (Å²) in [6, 6.07) is 0.670. The molecule has 2 aliphatic rings. The lowest BCUT2D eigenvalue weighted by Crippen LogP contribution is -2.57. The van der Waals surface area contributed by atoms with Crippen LogP contribution in [-0.2, 0) is 0 Å². The van der Waals surface area contributed by atoms with Crippen molar-refractivity contribution in [3.8, 4) is 0 Å². The van der Waals surface area contributed by atoms with Crippen LogP contribution in [0, 0.1) is 0 Å². The Bertz CT molecular complexity index is 191. The second kappa shape index (κ2) is 4.84. The maximum absolute atomic E-state index is 3.66. The molecule has 1 N–H and O–H groups in total. The van der Waals surface area contributed by atoms with Gasteiger partial charge >= 0.3 is 0 Å². The summed E-state index contributed by atoms with van der Waals surface area (Å²) >= 11 is 0. The summed E-state index contributed by atoms with van der Waals surface area (Å²) in [5, 5.41) is 3.66. The predicted molar refractivity (Wildman–Crippen MR) is 65.1 cm³/mol. The molecule has 1 saturated heterocycles. The minimum absolute atomic E-state index is 0.506. The zero-order valence-corrected chi connectivity index (χ0v) is 10.4. The van der Waals surface area contributed by atoms with Gasteiger partial charge in [0.15, 0.2) is 0 Å². The van der Waals surface area contributed by atoms with Crippen molar-refractivity contribution in [2.45, 2.75) is 64.0 Å². The van der Waals surface area contributed by atoms with Gasteiger partial charge in [0.2, 0.25) is 0 Å². The van der Waals surface area contributed by atoms with Crippen LogP contribution in [0.5, 0.6) is 0 Å². The van der Waals surface area contributed by atoms with Crippen molar-refractivity contribution in [2.75, 3.05) is 19.6 Å². The van der Waals surface area contributed by atoms with E-state index in [1.165, 1.54) is 51.6 Å². The molecule has 0 bridgehead atoms. The predicted octanol–water partition coefficient (Wildman–Crippen LogP) is 2.39. The maximum atomic E-state index is 3.66. The van der Waals surface area contributed by atoms with Gasteiger partial charge in [-0.05, 0) is 52.2 Å². The molecule has 1 saturated carbocycles. The number of likely N-dealkylation sites (tertiary alicyclic amines) is 1. The third-order valence-corrected chi connectivity index (χ3v) is 4.52. The van der Waals surface area contributed by atoms with Crippen LogP contribution in [0.4, 0.5) is 0 Å². The largest absolute Gasteiger partial charge is 0.313 e. The second-order valence-electron chi connectivity index (χ2n) is 5.28. The van der Waals surface area contributed by atoms with E-state index in [1.54, 1.807) is 0 Å². The van der Waals surface area contributed by atoms with Crippen LogP contribution >= 0.6 is 0 Å². The topological polar surface area (TPSA) is 15.3 Å². The van der Waals surface area contributed by atoms with E-state index >= 15 is 0 Å². The first-order valence-corrected chi connectivity index (χ1v) is 6.78. The van der Waals surface area contributed by atoms with Gasteiger partial charge in [0.1, 0.15) is 0 Å². The van der Waals surface area contributed by atoms with E-state index in [0.29, 0.717) is 11.6 Å². The second-order valence-corrected chi connectivity index (χ2v) is 5.28. The van der Waals surface area contributed by atoms with Crippen LogP contribution in [0.25, 0.3) is 0 Å². The molecule has 2 fully saturated rings. The molecule has 1 atom stereocenters. The third kappa shape index (κ3) is 2.07. The van der Waals surface area contributed by atoms with Crippen LogP contribution < -0.4 is 5.32 Å². The van der Waals surface area contributed by atoms with Crippen LogP contribution in [0.1, 0.15) is 52.4 Å². The SMILES string of the molecule is CCNC(C)C1(N2CCCC2)CCCC1. The number of hydrogen-bond donors (Lipinski definition) is 1. The summed E-state index contributed by atoms with van der Waals surface area (Å²) in [4.78, 5) is 2.79. The zero-order valence-electron chi connectivity index (χ0n) is 10.4. The molecule has 1 unspecified atom stereocenters. The van der Waals surface area contributed by atoms with Crippen LogP contribution in [0.15, 0.2) is 0 Å². The van der Waals surface area contributed by atoms with E-state index in [0.717, 1.165) is 6.54 Å².